The summed E-state index contributed by atoms with van der Waals surface area (Å²) in [5, 5.41) is 0.417. The molecule has 0 aliphatic rings. The number of benzene rings is 1. The second-order valence-electron chi connectivity index (χ2n) is 3.92. The SMILES string of the molecule is CCCCc1cc(=O)c2cccc(F)c2[nH]1. The molecule has 0 saturated carbocycles. The Balaban J connectivity index is 2.57. The molecule has 0 aliphatic carbocycles. The van der Waals surface area contributed by atoms with Gasteiger partial charge in [-0.05, 0) is 25.0 Å². The van der Waals surface area contributed by atoms with Gasteiger partial charge in [0.05, 0.1) is 5.52 Å². The van der Waals surface area contributed by atoms with Crippen molar-refractivity contribution in [3.05, 3.63) is 46.0 Å². The second kappa shape index (κ2) is 4.47. The maximum absolute atomic E-state index is 13.5. The van der Waals surface area contributed by atoms with Gasteiger partial charge in [-0.1, -0.05) is 19.4 Å². The quantitative estimate of drug-likeness (QED) is 0.845. The van der Waals surface area contributed by atoms with Crippen LogP contribution in [0.4, 0.5) is 4.39 Å². The lowest BCUT2D eigenvalue weighted by atomic mass is 10.1. The smallest absolute Gasteiger partial charge is 0.189 e. The third-order valence-electron chi connectivity index (χ3n) is 2.67. The van der Waals surface area contributed by atoms with Gasteiger partial charge >= 0.3 is 0 Å². The predicted molar refractivity (Wildman–Crippen MR) is 63.1 cm³/mol. The minimum atomic E-state index is -0.368. The van der Waals surface area contributed by atoms with E-state index in [-0.39, 0.29) is 11.2 Å². The first-order valence-corrected chi connectivity index (χ1v) is 5.53. The molecule has 1 N–H and O–H groups in total. The molecule has 0 spiro atoms. The van der Waals surface area contributed by atoms with Crippen LogP contribution < -0.4 is 5.43 Å². The van der Waals surface area contributed by atoms with Crippen LogP contribution in [-0.4, -0.2) is 4.98 Å². The molecule has 84 valence electrons. The highest BCUT2D eigenvalue weighted by Crippen LogP contribution is 2.13. The fourth-order valence-electron chi connectivity index (χ4n) is 1.79. The topological polar surface area (TPSA) is 32.9 Å². The van der Waals surface area contributed by atoms with Gasteiger partial charge in [-0.15, -0.1) is 0 Å². The molecular weight excluding hydrogens is 205 g/mol. The Morgan fingerprint density at radius 3 is 2.94 bits per heavy atom. The third kappa shape index (κ3) is 1.98. The number of pyridine rings is 1. The van der Waals surface area contributed by atoms with Gasteiger partial charge in [-0.2, -0.15) is 0 Å². The summed E-state index contributed by atoms with van der Waals surface area (Å²) >= 11 is 0. The summed E-state index contributed by atoms with van der Waals surface area (Å²) in [5.41, 5.74) is 1.02. The van der Waals surface area contributed by atoms with Crippen molar-refractivity contribution in [2.45, 2.75) is 26.2 Å². The van der Waals surface area contributed by atoms with Crippen molar-refractivity contribution in [2.75, 3.05) is 0 Å². The third-order valence-corrected chi connectivity index (χ3v) is 2.67. The Bertz CT molecular complexity index is 559. The van der Waals surface area contributed by atoms with Crippen LogP contribution in [-0.2, 0) is 6.42 Å². The molecule has 1 aromatic heterocycles. The van der Waals surface area contributed by atoms with Crippen LogP contribution in [0.3, 0.4) is 0 Å². The number of aryl methyl sites for hydroxylation is 1. The first kappa shape index (κ1) is 10.9. The highest BCUT2D eigenvalue weighted by Gasteiger charge is 2.05. The zero-order chi connectivity index (χ0) is 11.5. The minimum absolute atomic E-state index is 0.112. The van der Waals surface area contributed by atoms with Crippen molar-refractivity contribution < 1.29 is 4.39 Å². The maximum Gasteiger partial charge on any atom is 0.189 e. The molecular formula is C13H14FNO. The standard InChI is InChI=1S/C13H14FNO/c1-2-3-5-9-8-12(16)10-6-4-7-11(14)13(10)15-9/h4,6-8H,2-3,5H2,1H3,(H,15,16). The first-order valence-electron chi connectivity index (χ1n) is 5.53. The molecule has 0 saturated heterocycles. The number of para-hydroxylation sites is 1. The number of hydrogen-bond acceptors (Lipinski definition) is 1. The zero-order valence-electron chi connectivity index (χ0n) is 9.22. The number of rotatable bonds is 3. The molecule has 3 heteroatoms. The van der Waals surface area contributed by atoms with Crippen molar-refractivity contribution in [2.24, 2.45) is 0 Å². The number of hydrogen-bond donors (Lipinski definition) is 1. The van der Waals surface area contributed by atoms with Crippen molar-refractivity contribution >= 4 is 10.9 Å². The Morgan fingerprint density at radius 1 is 1.38 bits per heavy atom. The molecule has 0 atom stereocenters. The molecule has 0 aliphatic heterocycles. The van der Waals surface area contributed by atoms with Crippen molar-refractivity contribution in [3.63, 3.8) is 0 Å². The number of halogens is 1. The van der Waals surface area contributed by atoms with Gasteiger partial charge < -0.3 is 4.98 Å². The van der Waals surface area contributed by atoms with Crippen LogP contribution in [0.5, 0.6) is 0 Å². The Kier molecular flexibility index (Phi) is 3.04. The summed E-state index contributed by atoms with van der Waals surface area (Å²) in [6, 6.07) is 6.12. The average Bonchev–Trinajstić information content (AvgIpc) is 2.28. The van der Waals surface area contributed by atoms with Crippen LogP contribution in [0, 0.1) is 5.82 Å². The van der Waals surface area contributed by atoms with E-state index in [1.807, 2.05) is 0 Å². The zero-order valence-corrected chi connectivity index (χ0v) is 9.22. The molecule has 0 radical (unpaired) electrons. The minimum Gasteiger partial charge on any atom is -0.356 e. The van der Waals surface area contributed by atoms with Crippen molar-refractivity contribution in [1.29, 1.82) is 0 Å². The van der Waals surface area contributed by atoms with Gasteiger partial charge in [-0.3, -0.25) is 4.79 Å². The fourth-order valence-corrected chi connectivity index (χ4v) is 1.79. The highest BCUT2D eigenvalue weighted by atomic mass is 19.1. The summed E-state index contributed by atoms with van der Waals surface area (Å²) in [6.07, 6.45) is 2.84. The summed E-state index contributed by atoms with van der Waals surface area (Å²) in [6.45, 7) is 2.08. The van der Waals surface area contributed by atoms with E-state index in [9.17, 15) is 9.18 Å². The summed E-state index contributed by atoms with van der Waals surface area (Å²) in [7, 11) is 0. The van der Waals surface area contributed by atoms with E-state index in [1.54, 1.807) is 18.2 Å². The summed E-state index contributed by atoms with van der Waals surface area (Å²) in [4.78, 5) is 14.7. The molecule has 0 unspecified atom stereocenters. The number of fused-ring (bicyclic) bond motifs is 1. The molecule has 0 amide bonds. The predicted octanol–water partition coefficient (Wildman–Crippen LogP) is 3.01. The first-order chi connectivity index (χ1) is 7.72. The van der Waals surface area contributed by atoms with E-state index in [2.05, 4.69) is 11.9 Å². The molecule has 2 rings (SSSR count). The van der Waals surface area contributed by atoms with Crippen LogP contribution in [0.25, 0.3) is 10.9 Å². The van der Waals surface area contributed by atoms with Gasteiger partial charge in [0.15, 0.2) is 5.43 Å². The lowest BCUT2D eigenvalue weighted by Crippen LogP contribution is -2.06. The molecule has 16 heavy (non-hydrogen) atoms. The number of aromatic nitrogens is 1. The number of unbranched alkanes of at least 4 members (excludes halogenated alkanes) is 1. The Hall–Kier alpha value is -1.64. The molecule has 2 aromatic rings. The van der Waals surface area contributed by atoms with Crippen LogP contribution >= 0.6 is 0 Å². The van der Waals surface area contributed by atoms with E-state index in [1.165, 1.54) is 6.07 Å². The summed E-state index contributed by atoms with van der Waals surface area (Å²) < 4.78 is 13.5. The Morgan fingerprint density at radius 2 is 2.19 bits per heavy atom. The maximum atomic E-state index is 13.5. The van der Waals surface area contributed by atoms with Crippen molar-refractivity contribution in [1.82, 2.24) is 4.98 Å². The van der Waals surface area contributed by atoms with E-state index in [4.69, 9.17) is 0 Å². The molecule has 1 heterocycles. The molecule has 0 fully saturated rings. The fraction of sp³-hybridized carbons (Fsp3) is 0.308. The van der Waals surface area contributed by atoms with Crippen LogP contribution in [0.2, 0.25) is 0 Å². The normalized spacial score (nSPS) is 10.9. The van der Waals surface area contributed by atoms with Gasteiger partial charge in [-0.25, -0.2) is 4.39 Å². The second-order valence-corrected chi connectivity index (χ2v) is 3.92. The average molecular weight is 219 g/mol. The summed E-state index contributed by atoms with van der Waals surface area (Å²) in [5.74, 6) is -0.368. The van der Waals surface area contributed by atoms with Crippen LogP contribution in [0.1, 0.15) is 25.5 Å². The lowest BCUT2D eigenvalue weighted by molar-refractivity contribution is 0.635. The van der Waals surface area contributed by atoms with Crippen LogP contribution in [0.15, 0.2) is 29.1 Å². The number of aromatic amines is 1. The van der Waals surface area contributed by atoms with E-state index in [0.717, 1.165) is 25.0 Å². The Labute approximate surface area is 93.1 Å². The monoisotopic (exact) mass is 219 g/mol. The van der Waals surface area contributed by atoms with Gasteiger partial charge in [0.25, 0.3) is 0 Å². The highest BCUT2D eigenvalue weighted by molar-refractivity contribution is 5.78. The lowest BCUT2D eigenvalue weighted by Gasteiger charge is -2.04. The number of nitrogens with one attached hydrogen (secondary N) is 1. The van der Waals surface area contributed by atoms with E-state index < -0.39 is 0 Å². The molecule has 2 nitrogen and oxygen atoms in total. The van der Waals surface area contributed by atoms with Gasteiger partial charge in [0, 0.05) is 17.1 Å². The molecule has 0 bridgehead atoms. The van der Waals surface area contributed by atoms with Gasteiger partial charge in [0.2, 0.25) is 0 Å². The van der Waals surface area contributed by atoms with E-state index >= 15 is 0 Å². The number of H-pyrrole nitrogens is 1. The van der Waals surface area contributed by atoms with Crippen molar-refractivity contribution in [3.8, 4) is 0 Å². The molecule has 1 aromatic carbocycles. The largest absolute Gasteiger partial charge is 0.356 e. The van der Waals surface area contributed by atoms with E-state index in [0.29, 0.717) is 10.9 Å². The van der Waals surface area contributed by atoms with Gasteiger partial charge in [0.1, 0.15) is 5.82 Å².